The molecule has 3 heterocycles. The smallest absolute Gasteiger partial charge is 0.291 e. The van der Waals surface area contributed by atoms with Crippen LogP contribution in [-0.4, -0.2) is 63.7 Å². The van der Waals surface area contributed by atoms with Gasteiger partial charge in [-0.1, -0.05) is 0 Å². The number of oxazole rings is 1. The maximum Gasteiger partial charge on any atom is 0.291 e. The number of likely N-dealkylation sites (tertiary alicyclic amines) is 1. The standard InChI is InChI=1S/C16H23N3O5/c1-10(20)18-14-8-23-12-4-3-5-19(11(12)6-16(14,2)22)15(21)13-7-17-9-24-13/h7,9,11-12,14,22H,3-6,8H2,1-2H3,(H,18,20)/t11-,12-,14-,16-/m1/s1. The number of nitrogens with zero attached hydrogens (tertiary/aromatic N) is 2. The van der Waals surface area contributed by atoms with Crippen LogP contribution < -0.4 is 5.32 Å². The summed E-state index contributed by atoms with van der Waals surface area (Å²) in [6.07, 6.45) is 4.39. The third kappa shape index (κ3) is 3.29. The summed E-state index contributed by atoms with van der Waals surface area (Å²) < 4.78 is 11.1. The molecular weight excluding hydrogens is 314 g/mol. The van der Waals surface area contributed by atoms with E-state index >= 15 is 0 Å². The van der Waals surface area contributed by atoms with E-state index < -0.39 is 11.6 Å². The van der Waals surface area contributed by atoms with Gasteiger partial charge in [0, 0.05) is 19.9 Å². The lowest BCUT2D eigenvalue weighted by Crippen LogP contribution is -2.56. The maximum atomic E-state index is 12.7. The molecule has 8 nitrogen and oxygen atoms in total. The molecule has 2 fully saturated rings. The number of carbonyl (C=O) groups is 2. The average molecular weight is 337 g/mol. The Morgan fingerprint density at radius 2 is 2.29 bits per heavy atom. The zero-order valence-corrected chi connectivity index (χ0v) is 13.9. The molecule has 8 heteroatoms. The van der Waals surface area contributed by atoms with Crippen LogP contribution >= 0.6 is 0 Å². The van der Waals surface area contributed by atoms with Crippen molar-refractivity contribution in [3.05, 3.63) is 18.4 Å². The summed E-state index contributed by atoms with van der Waals surface area (Å²) >= 11 is 0. The molecular formula is C16H23N3O5. The van der Waals surface area contributed by atoms with Crippen LogP contribution in [0.2, 0.25) is 0 Å². The number of aromatic nitrogens is 1. The second kappa shape index (κ2) is 6.52. The number of nitrogens with one attached hydrogen (secondary N) is 1. The Bertz CT molecular complexity index is 601. The van der Waals surface area contributed by atoms with Crippen LogP contribution in [-0.2, 0) is 9.53 Å². The summed E-state index contributed by atoms with van der Waals surface area (Å²) in [7, 11) is 0. The van der Waals surface area contributed by atoms with E-state index in [0.717, 1.165) is 12.8 Å². The lowest BCUT2D eigenvalue weighted by Gasteiger charge is -2.41. The van der Waals surface area contributed by atoms with Crippen molar-refractivity contribution < 1.29 is 23.8 Å². The minimum atomic E-state index is -1.18. The van der Waals surface area contributed by atoms with Crippen molar-refractivity contribution in [1.29, 1.82) is 0 Å². The number of amides is 2. The van der Waals surface area contributed by atoms with Gasteiger partial charge in [-0.2, -0.15) is 0 Å². The fraction of sp³-hybridized carbons (Fsp3) is 0.688. The molecule has 2 N–H and O–H groups in total. The molecule has 2 aliphatic rings. The molecule has 0 aliphatic carbocycles. The third-order valence-corrected chi connectivity index (χ3v) is 4.85. The van der Waals surface area contributed by atoms with Gasteiger partial charge >= 0.3 is 0 Å². The van der Waals surface area contributed by atoms with Gasteiger partial charge in [0.2, 0.25) is 11.7 Å². The Kier molecular flexibility index (Phi) is 4.60. The molecule has 2 aliphatic heterocycles. The molecule has 0 saturated carbocycles. The minimum absolute atomic E-state index is 0.171. The number of hydrogen-bond donors (Lipinski definition) is 2. The summed E-state index contributed by atoms with van der Waals surface area (Å²) in [5, 5.41) is 13.6. The number of rotatable bonds is 2. The Balaban J connectivity index is 1.83. The van der Waals surface area contributed by atoms with Crippen molar-refractivity contribution in [3.63, 3.8) is 0 Å². The molecule has 132 valence electrons. The van der Waals surface area contributed by atoms with Crippen LogP contribution in [0.4, 0.5) is 0 Å². The zero-order chi connectivity index (χ0) is 17.3. The van der Waals surface area contributed by atoms with E-state index in [-0.39, 0.29) is 36.3 Å². The van der Waals surface area contributed by atoms with E-state index in [9.17, 15) is 14.7 Å². The first-order valence-electron chi connectivity index (χ1n) is 8.19. The summed E-state index contributed by atoms with van der Waals surface area (Å²) in [5.41, 5.74) is -1.18. The molecule has 2 saturated heterocycles. The highest BCUT2D eigenvalue weighted by molar-refractivity contribution is 5.91. The van der Waals surface area contributed by atoms with Gasteiger partial charge in [0.15, 0.2) is 6.39 Å². The topological polar surface area (TPSA) is 105 Å². The largest absolute Gasteiger partial charge is 0.438 e. The second-order valence-corrected chi connectivity index (χ2v) is 6.76. The van der Waals surface area contributed by atoms with Gasteiger partial charge in [-0.3, -0.25) is 9.59 Å². The van der Waals surface area contributed by atoms with Gasteiger partial charge in [0.25, 0.3) is 5.91 Å². The lowest BCUT2D eigenvalue weighted by atomic mass is 9.85. The molecule has 1 aromatic heterocycles. The van der Waals surface area contributed by atoms with Gasteiger partial charge in [0.05, 0.1) is 36.6 Å². The van der Waals surface area contributed by atoms with E-state index in [1.54, 1.807) is 11.8 Å². The SMILES string of the molecule is CC(=O)N[C@@H]1CO[C@@H]2CCCN(C(=O)c3cnco3)[C@@H]2C[C@@]1(C)O. The van der Waals surface area contributed by atoms with Gasteiger partial charge < -0.3 is 24.5 Å². The number of fused-ring (bicyclic) bond motifs is 1. The number of aliphatic hydroxyl groups is 1. The molecule has 4 atom stereocenters. The van der Waals surface area contributed by atoms with Gasteiger partial charge in [0.1, 0.15) is 0 Å². The van der Waals surface area contributed by atoms with Crippen molar-refractivity contribution in [3.8, 4) is 0 Å². The molecule has 0 radical (unpaired) electrons. The fourth-order valence-electron chi connectivity index (χ4n) is 3.58. The number of hydrogen-bond acceptors (Lipinski definition) is 6. The monoisotopic (exact) mass is 337 g/mol. The Morgan fingerprint density at radius 3 is 2.96 bits per heavy atom. The first-order valence-corrected chi connectivity index (χ1v) is 8.19. The zero-order valence-electron chi connectivity index (χ0n) is 13.9. The highest BCUT2D eigenvalue weighted by atomic mass is 16.5. The fourth-order valence-corrected chi connectivity index (χ4v) is 3.58. The molecule has 24 heavy (non-hydrogen) atoms. The number of carbonyl (C=O) groups excluding carboxylic acids is 2. The van der Waals surface area contributed by atoms with Crippen LogP contribution in [0.5, 0.6) is 0 Å². The Hall–Kier alpha value is -1.93. The molecule has 0 bridgehead atoms. The predicted molar refractivity (Wildman–Crippen MR) is 83.1 cm³/mol. The van der Waals surface area contributed by atoms with E-state index in [4.69, 9.17) is 9.15 Å². The molecule has 3 rings (SSSR count). The van der Waals surface area contributed by atoms with Gasteiger partial charge in [-0.05, 0) is 19.8 Å². The summed E-state index contributed by atoms with van der Waals surface area (Å²) in [5.74, 6) is -0.291. The van der Waals surface area contributed by atoms with Crippen LogP contribution in [0.3, 0.4) is 0 Å². The van der Waals surface area contributed by atoms with E-state index in [1.807, 2.05) is 0 Å². The normalized spacial score (nSPS) is 33.5. The second-order valence-electron chi connectivity index (χ2n) is 6.76. The Labute approximate surface area is 140 Å². The van der Waals surface area contributed by atoms with Gasteiger partial charge in [-0.25, -0.2) is 4.98 Å². The van der Waals surface area contributed by atoms with Crippen LogP contribution in [0.25, 0.3) is 0 Å². The molecule has 1 aromatic rings. The van der Waals surface area contributed by atoms with E-state index in [1.165, 1.54) is 19.5 Å². The lowest BCUT2D eigenvalue weighted by molar-refractivity contribution is -0.122. The molecule has 0 aromatic carbocycles. The van der Waals surface area contributed by atoms with Crippen molar-refractivity contribution in [2.24, 2.45) is 0 Å². The summed E-state index contributed by atoms with van der Waals surface area (Å²) in [4.78, 5) is 29.6. The van der Waals surface area contributed by atoms with Crippen LogP contribution in [0, 0.1) is 0 Å². The summed E-state index contributed by atoms with van der Waals surface area (Å²) in [6.45, 7) is 3.88. The quantitative estimate of drug-likeness (QED) is 0.805. The first kappa shape index (κ1) is 16.9. The Morgan fingerprint density at radius 1 is 1.50 bits per heavy atom. The predicted octanol–water partition coefficient (Wildman–Crippen LogP) is 0.324. The summed E-state index contributed by atoms with van der Waals surface area (Å²) in [6, 6.07) is -0.784. The van der Waals surface area contributed by atoms with Crippen molar-refractivity contribution in [2.45, 2.75) is 56.9 Å². The maximum absolute atomic E-state index is 12.7. The van der Waals surface area contributed by atoms with Crippen LogP contribution in [0.1, 0.15) is 43.7 Å². The highest BCUT2D eigenvalue weighted by Gasteiger charge is 2.46. The molecule has 2 amide bonds. The third-order valence-electron chi connectivity index (χ3n) is 4.85. The minimum Gasteiger partial charge on any atom is -0.438 e. The van der Waals surface area contributed by atoms with Crippen molar-refractivity contribution >= 4 is 11.8 Å². The average Bonchev–Trinajstić information content (AvgIpc) is 3.01. The van der Waals surface area contributed by atoms with E-state index in [0.29, 0.717) is 13.0 Å². The van der Waals surface area contributed by atoms with Crippen LogP contribution in [0.15, 0.2) is 17.0 Å². The molecule has 0 unspecified atom stereocenters. The van der Waals surface area contributed by atoms with E-state index in [2.05, 4.69) is 10.3 Å². The first-order chi connectivity index (χ1) is 11.4. The highest BCUT2D eigenvalue weighted by Crippen LogP contribution is 2.33. The van der Waals surface area contributed by atoms with Gasteiger partial charge in [-0.15, -0.1) is 0 Å². The molecule has 0 spiro atoms. The number of piperidine rings is 1. The number of ether oxygens (including phenoxy) is 1. The van der Waals surface area contributed by atoms with Crippen molar-refractivity contribution in [2.75, 3.05) is 13.2 Å². The van der Waals surface area contributed by atoms with Crippen molar-refractivity contribution in [1.82, 2.24) is 15.2 Å².